The number of carbonyl (C=O) groups is 1. The van der Waals surface area contributed by atoms with Crippen molar-refractivity contribution in [3.63, 3.8) is 0 Å². The molecule has 0 aromatic heterocycles. The SMILES string of the molecule is C#Cc1cccc(NC(=O)CNC(=NC)N2CC(C)OC(c3ccc(F)cc3)C2)c1. The summed E-state index contributed by atoms with van der Waals surface area (Å²) in [4.78, 5) is 18.7. The molecular weight excluding hydrogens is 383 g/mol. The van der Waals surface area contributed by atoms with Crippen LogP contribution in [0.4, 0.5) is 10.1 Å². The standard InChI is InChI=1S/C23H25FN4O2/c1-4-17-6-5-7-20(12-17)27-22(29)13-26-23(25-3)28-14-16(2)30-21(15-28)18-8-10-19(24)11-9-18/h1,5-12,16,21H,13-15H2,2-3H3,(H,25,26)(H,27,29). The van der Waals surface area contributed by atoms with Crippen LogP contribution < -0.4 is 10.6 Å². The van der Waals surface area contributed by atoms with E-state index >= 15 is 0 Å². The van der Waals surface area contributed by atoms with Crippen molar-refractivity contribution in [1.29, 1.82) is 0 Å². The first-order valence-electron chi connectivity index (χ1n) is 9.71. The number of morpholine rings is 1. The number of benzene rings is 2. The van der Waals surface area contributed by atoms with Crippen LogP contribution in [0.5, 0.6) is 0 Å². The van der Waals surface area contributed by atoms with Gasteiger partial charge in [0, 0.05) is 24.8 Å². The van der Waals surface area contributed by atoms with Gasteiger partial charge in [-0.25, -0.2) is 4.39 Å². The normalized spacial score (nSPS) is 19.1. The van der Waals surface area contributed by atoms with Gasteiger partial charge in [0.05, 0.1) is 19.2 Å². The van der Waals surface area contributed by atoms with Gasteiger partial charge >= 0.3 is 0 Å². The van der Waals surface area contributed by atoms with Crippen molar-refractivity contribution in [2.24, 2.45) is 4.99 Å². The van der Waals surface area contributed by atoms with E-state index in [1.165, 1.54) is 12.1 Å². The second-order valence-corrected chi connectivity index (χ2v) is 7.07. The Bertz CT molecular complexity index is 952. The molecule has 1 heterocycles. The second kappa shape index (κ2) is 9.90. The van der Waals surface area contributed by atoms with Crippen LogP contribution in [-0.2, 0) is 9.53 Å². The molecule has 30 heavy (non-hydrogen) atoms. The Hall–Kier alpha value is -3.37. The number of nitrogens with one attached hydrogen (secondary N) is 2. The molecule has 2 aromatic carbocycles. The van der Waals surface area contributed by atoms with E-state index in [2.05, 4.69) is 21.5 Å². The smallest absolute Gasteiger partial charge is 0.243 e. The average Bonchev–Trinajstić information content (AvgIpc) is 2.74. The highest BCUT2D eigenvalue weighted by atomic mass is 19.1. The average molecular weight is 408 g/mol. The van der Waals surface area contributed by atoms with Gasteiger partial charge in [-0.1, -0.05) is 24.1 Å². The van der Waals surface area contributed by atoms with E-state index in [0.29, 0.717) is 30.3 Å². The topological polar surface area (TPSA) is 66.0 Å². The second-order valence-electron chi connectivity index (χ2n) is 7.07. The molecule has 156 valence electrons. The molecule has 0 aliphatic carbocycles. The zero-order valence-corrected chi connectivity index (χ0v) is 17.1. The fourth-order valence-electron chi connectivity index (χ4n) is 3.37. The van der Waals surface area contributed by atoms with Crippen molar-refractivity contribution < 1.29 is 13.9 Å². The summed E-state index contributed by atoms with van der Waals surface area (Å²) in [5, 5.41) is 5.91. The molecule has 7 heteroatoms. The Kier molecular flexibility index (Phi) is 7.04. The lowest BCUT2D eigenvalue weighted by Gasteiger charge is -2.38. The zero-order chi connectivity index (χ0) is 21.5. The quantitative estimate of drug-likeness (QED) is 0.464. The van der Waals surface area contributed by atoms with Crippen LogP contribution in [0.3, 0.4) is 0 Å². The number of ether oxygens (including phenoxy) is 1. The first-order chi connectivity index (χ1) is 14.5. The lowest BCUT2D eigenvalue weighted by Crippen LogP contribution is -2.51. The maximum atomic E-state index is 13.2. The predicted molar refractivity (Wildman–Crippen MR) is 116 cm³/mol. The monoisotopic (exact) mass is 408 g/mol. The van der Waals surface area contributed by atoms with Crippen molar-refractivity contribution in [2.75, 3.05) is 32.0 Å². The summed E-state index contributed by atoms with van der Waals surface area (Å²) in [6.07, 6.45) is 5.13. The minimum Gasteiger partial charge on any atom is -0.367 e. The number of halogens is 1. The highest BCUT2D eigenvalue weighted by Gasteiger charge is 2.28. The molecule has 1 fully saturated rings. The molecule has 0 bridgehead atoms. The molecular formula is C23H25FN4O2. The molecule has 6 nitrogen and oxygen atoms in total. The largest absolute Gasteiger partial charge is 0.367 e. The number of aliphatic imine (C=N–C) groups is 1. The highest BCUT2D eigenvalue weighted by molar-refractivity contribution is 5.95. The Labute approximate surface area is 176 Å². The lowest BCUT2D eigenvalue weighted by molar-refractivity contribution is -0.115. The number of carbonyl (C=O) groups excluding carboxylic acids is 1. The third kappa shape index (κ3) is 5.58. The minimum atomic E-state index is -0.282. The summed E-state index contributed by atoms with van der Waals surface area (Å²) in [6.45, 7) is 3.20. The lowest BCUT2D eigenvalue weighted by atomic mass is 10.1. The summed E-state index contributed by atoms with van der Waals surface area (Å²) in [7, 11) is 1.67. The van der Waals surface area contributed by atoms with Crippen LogP contribution in [0.25, 0.3) is 0 Å². The van der Waals surface area contributed by atoms with Crippen molar-refractivity contribution >= 4 is 17.6 Å². The molecule has 0 saturated carbocycles. The predicted octanol–water partition coefficient (Wildman–Crippen LogP) is 2.78. The zero-order valence-electron chi connectivity index (χ0n) is 17.1. The van der Waals surface area contributed by atoms with E-state index < -0.39 is 0 Å². The minimum absolute atomic E-state index is 0.0484. The van der Waals surface area contributed by atoms with Gasteiger partial charge in [-0.05, 0) is 42.8 Å². The molecule has 2 aromatic rings. The summed E-state index contributed by atoms with van der Waals surface area (Å²) in [6, 6.07) is 13.4. The van der Waals surface area contributed by atoms with Gasteiger partial charge in [0.2, 0.25) is 5.91 Å². The van der Waals surface area contributed by atoms with Crippen LogP contribution in [0.2, 0.25) is 0 Å². The molecule has 2 N–H and O–H groups in total. The van der Waals surface area contributed by atoms with Gasteiger partial charge in [0.25, 0.3) is 0 Å². The third-order valence-corrected chi connectivity index (χ3v) is 4.73. The molecule has 1 aliphatic heterocycles. The molecule has 1 amide bonds. The Morgan fingerprint density at radius 2 is 2.07 bits per heavy atom. The number of guanidine groups is 1. The number of rotatable bonds is 4. The van der Waals surface area contributed by atoms with E-state index in [1.54, 1.807) is 43.4 Å². The van der Waals surface area contributed by atoms with Crippen molar-refractivity contribution in [3.8, 4) is 12.3 Å². The van der Waals surface area contributed by atoms with Gasteiger partial charge in [-0.3, -0.25) is 9.79 Å². The molecule has 1 aliphatic rings. The molecule has 2 unspecified atom stereocenters. The fraction of sp³-hybridized carbons (Fsp3) is 0.304. The molecule has 1 saturated heterocycles. The first kappa shape index (κ1) is 21.3. The summed E-state index contributed by atoms with van der Waals surface area (Å²) >= 11 is 0. The Morgan fingerprint density at radius 1 is 1.30 bits per heavy atom. The van der Waals surface area contributed by atoms with E-state index in [-0.39, 0.29) is 30.5 Å². The first-order valence-corrected chi connectivity index (χ1v) is 9.71. The van der Waals surface area contributed by atoms with E-state index in [1.807, 2.05) is 11.8 Å². The third-order valence-electron chi connectivity index (χ3n) is 4.73. The number of anilines is 1. The van der Waals surface area contributed by atoms with Gasteiger partial charge in [0.15, 0.2) is 5.96 Å². The van der Waals surface area contributed by atoms with Crippen molar-refractivity contribution in [1.82, 2.24) is 10.2 Å². The Morgan fingerprint density at radius 3 is 2.77 bits per heavy atom. The summed E-state index contributed by atoms with van der Waals surface area (Å²) in [5.74, 6) is 2.66. The van der Waals surface area contributed by atoms with E-state index in [4.69, 9.17) is 11.2 Å². The van der Waals surface area contributed by atoms with Crippen LogP contribution in [-0.4, -0.2) is 49.6 Å². The maximum Gasteiger partial charge on any atom is 0.243 e. The van der Waals surface area contributed by atoms with Gasteiger partial charge in [-0.2, -0.15) is 0 Å². The van der Waals surface area contributed by atoms with Crippen molar-refractivity contribution in [3.05, 3.63) is 65.5 Å². The van der Waals surface area contributed by atoms with E-state index in [9.17, 15) is 9.18 Å². The number of hydrogen-bond donors (Lipinski definition) is 2. The van der Waals surface area contributed by atoms with E-state index in [0.717, 1.165) is 5.56 Å². The summed E-state index contributed by atoms with van der Waals surface area (Å²) in [5.41, 5.74) is 2.24. The molecule has 0 spiro atoms. The Balaban J connectivity index is 1.60. The number of hydrogen-bond acceptors (Lipinski definition) is 3. The van der Waals surface area contributed by atoms with Gasteiger partial charge in [-0.15, -0.1) is 6.42 Å². The highest BCUT2D eigenvalue weighted by Crippen LogP contribution is 2.25. The number of amides is 1. The molecule has 0 radical (unpaired) electrons. The molecule has 3 rings (SSSR count). The number of nitrogens with zero attached hydrogens (tertiary/aromatic N) is 2. The van der Waals surface area contributed by atoms with Crippen LogP contribution >= 0.6 is 0 Å². The van der Waals surface area contributed by atoms with Crippen LogP contribution in [0.1, 0.15) is 24.2 Å². The summed E-state index contributed by atoms with van der Waals surface area (Å²) < 4.78 is 19.3. The number of terminal acetylenes is 1. The van der Waals surface area contributed by atoms with Crippen LogP contribution in [0, 0.1) is 18.2 Å². The molecule has 2 atom stereocenters. The maximum absolute atomic E-state index is 13.2. The fourth-order valence-corrected chi connectivity index (χ4v) is 3.37. The van der Waals surface area contributed by atoms with Gasteiger partial charge in [0.1, 0.15) is 11.9 Å². The van der Waals surface area contributed by atoms with Crippen molar-refractivity contribution in [2.45, 2.75) is 19.1 Å². The van der Waals surface area contributed by atoms with Crippen LogP contribution in [0.15, 0.2) is 53.5 Å². The van der Waals surface area contributed by atoms with Gasteiger partial charge < -0.3 is 20.3 Å².